The number of benzene rings is 1. The lowest BCUT2D eigenvalue weighted by Gasteiger charge is -2.34. The third-order valence-electron chi connectivity index (χ3n) is 3.21. The quantitative estimate of drug-likeness (QED) is 0.668. The van der Waals surface area contributed by atoms with E-state index in [9.17, 15) is 15.0 Å². The Morgan fingerprint density at radius 3 is 2.95 bits per heavy atom. The lowest BCUT2D eigenvalue weighted by atomic mass is 10.1. The average molecular weight is 266 g/mol. The fraction of sp³-hybridized carbons (Fsp3) is 0.462. The van der Waals surface area contributed by atoms with Crippen LogP contribution in [0.2, 0.25) is 0 Å². The molecule has 2 atom stereocenters. The Hall–Kier alpha value is -1.79. The highest BCUT2D eigenvalue weighted by Gasteiger charge is 2.28. The highest BCUT2D eigenvalue weighted by molar-refractivity contribution is 5.97. The van der Waals surface area contributed by atoms with Crippen LogP contribution in [0, 0.1) is 0 Å². The molecule has 1 amide bonds. The number of hydrogen-bond donors (Lipinski definition) is 3. The van der Waals surface area contributed by atoms with E-state index < -0.39 is 5.75 Å². The van der Waals surface area contributed by atoms with Gasteiger partial charge in [0.15, 0.2) is 11.5 Å². The topological polar surface area (TPSA) is 96.0 Å². The summed E-state index contributed by atoms with van der Waals surface area (Å²) in [6, 6.07) is 4.16. The van der Waals surface area contributed by atoms with Gasteiger partial charge in [-0.2, -0.15) is 0 Å². The number of aromatic hydroxyl groups is 2. The number of nitrogens with zero attached hydrogens (tertiary/aromatic N) is 1. The van der Waals surface area contributed by atoms with Crippen LogP contribution in [-0.4, -0.2) is 52.9 Å². The van der Waals surface area contributed by atoms with Crippen molar-refractivity contribution in [1.29, 1.82) is 0 Å². The normalized spacial score (nSPS) is 21.2. The number of nitrogens with two attached hydrogens (primary N) is 1. The van der Waals surface area contributed by atoms with Gasteiger partial charge in [-0.05, 0) is 19.1 Å². The molecule has 0 bridgehead atoms. The summed E-state index contributed by atoms with van der Waals surface area (Å²) < 4.78 is 5.48. The molecule has 0 spiro atoms. The first-order valence-corrected chi connectivity index (χ1v) is 6.18. The van der Waals surface area contributed by atoms with E-state index in [1.54, 1.807) is 4.90 Å². The molecule has 0 radical (unpaired) electrons. The summed E-state index contributed by atoms with van der Waals surface area (Å²) in [5.74, 6) is -1.03. The second kappa shape index (κ2) is 5.46. The van der Waals surface area contributed by atoms with E-state index >= 15 is 0 Å². The summed E-state index contributed by atoms with van der Waals surface area (Å²) in [7, 11) is 0. The van der Waals surface area contributed by atoms with Crippen molar-refractivity contribution in [2.75, 3.05) is 19.7 Å². The molecule has 1 aliphatic rings. The summed E-state index contributed by atoms with van der Waals surface area (Å²) in [5, 5.41) is 19.1. The van der Waals surface area contributed by atoms with Crippen molar-refractivity contribution in [3.63, 3.8) is 0 Å². The molecule has 2 unspecified atom stereocenters. The van der Waals surface area contributed by atoms with Crippen molar-refractivity contribution in [2.24, 2.45) is 5.73 Å². The van der Waals surface area contributed by atoms with Crippen molar-refractivity contribution in [3.05, 3.63) is 23.8 Å². The number of carbonyl (C=O) groups is 1. The summed E-state index contributed by atoms with van der Waals surface area (Å²) in [5.41, 5.74) is 5.86. The number of phenolic OH excluding ortho intramolecular Hbond substituents is 2. The standard InChI is InChI=1S/C13H18N2O4/c1-8(14)11-7-15(5-6-19-11)13(18)9-3-2-4-10(16)12(9)17/h2-4,8,11,16-17H,5-7,14H2,1H3. The molecule has 6 nitrogen and oxygen atoms in total. The van der Waals surface area contributed by atoms with Crippen LogP contribution in [0.15, 0.2) is 18.2 Å². The van der Waals surface area contributed by atoms with Crippen molar-refractivity contribution in [3.8, 4) is 11.5 Å². The summed E-state index contributed by atoms with van der Waals surface area (Å²) in [6.45, 7) is 3.06. The molecule has 0 aromatic heterocycles. The Bertz CT molecular complexity index is 476. The molecular weight excluding hydrogens is 248 g/mol. The maximum atomic E-state index is 12.3. The molecule has 104 valence electrons. The monoisotopic (exact) mass is 266 g/mol. The summed E-state index contributed by atoms with van der Waals surface area (Å²) in [6.07, 6.45) is -0.211. The minimum atomic E-state index is -0.392. The first kappa shape index (κ1) is 13.6. The maximum Gasteiger partial charge on any atom is 0.257 e. The largest absolute Gasteiger partial charge is 0.504 e. The SMILES string of the molecule is CC(N)C1CN(C(=O)c2cccc(O)c2O)CCO1. The van der Waals surface area contributed by atoms with Crippen LogP contribution in [0.25, 0.3) is 0 Å². The van der Waals surface area contributed by atoms with Crippen LogP contribution in [0.5, 0.6) is 11.5 Å². The molecule has 0 saturated carbocycles. The van der Waals surface area contributed by atoms with E-state index in [-0.39, 0.29) is 29.4 Å². The number of phenols is 2. The fourth-order valence-electron chi connectivity index (χ4n) is 2.05. The van der Waals surface area contributed by atoms with Crippen LogP contribution >= 0.6 is 0 Å². The molecule has 19 heavy (non-hydrogen) atoms. The molecule has 1 aromatic carbocycles. The molecule has 0 aliphatic carbocycles. The smallest absolute Gasteiger partial charge is 0.257 e. The van der Waals surface area contributed by atoms with Gasteiger partial charge in [-0.25, -0.2) is 0 Å². The zero-order valence-electron chi connectivity index (χ0n) is 10.7. The molecule has 2 rings (SSSR count). The number of para-hydroxylation sites is 1. The van der Waals surface area contributed by atoms with Gasteiger partial charge < -0.3 is 25.6 Å². The van der Waals surface area contributed by atoms with Gasteiger partial charge in [0, 0.05) is 19.1 Å². The molecule has 6 heteroatoms. The zero-order valence-corrected chi connectivity index (χ0v) is 10.7. The third-order valence-corrected chi connectivity index (χ3v) is 3.21. The molecule has 1 heterocycles. The van der Waals surface area contributed by atoms with Gasteiger partial charge in [-0.1, -0.05) is 6.07 Å². The van der Waals surface area contributed by atoms with E-state index in [0.717, 1.165) is 0 Å². The van der Waals surface area contributed by atoms with Crippen LogP contribution in [0.4, 0.5) is 0 Å². The van der Waals surface area contributed by atoms with Crippen molar-refractivity contribution in [1.82, 2.24) is 4.90 Å². The van der Waals surface area contributed by atoms with Gasteiger partial charge in [0.1, 0.15) is 0 Å². The lowest BCUT2D eigenvalue weighted by Crippen LogP contribution is -2.51. The molecule has 1 aromatic rings. The molecule has 4 N–H and O–H groups in total. The fourth-order valence-corrected chi connectivity index (χ4v) is 2.05. The van der Waals surface area contributed by atoms with Crippen LogP contribution in [0.3, 0.4) is 0 Å². The maximum absolute atomic E-state index is 12.3. The Morgan fingerprint density at radius 1 is 1.53 bits per heavy atom. The molecule has 1 saturated heterocycles. The Morgan fingerprint density at radius 2 is 2.26 bits per heavy atom. The summed E-state index contributed by atoms with van der Waals surface area (Å²) in [4.78, 5) is 13.9. The van der Waals surface area contributed by atoms with Gasteiger partial charge >= 0.3 is 0 Å². The van der Waals surface area contributed by atoms with E-state index in [4.69, 9.17) is 10.5 Å². The van der Waals surface area contributed by atoms with E-state index in [1.165, 1.54) is 18.2 Å². The van der Waals surface area contributed by atoms with E-state index in [1.807, 2.05) is 6.92 Å². The number of amides is 1. The number of ether oxygens (including phenoxy) is 1. The minimum absolute atomic E-state index is 0.0883. The number of carbonyl (C=O) groups excluding carboxylic acids is 1. The Labute approximate surface area is 111 Å². The van der Waals surface area contributed by atoms with Crippen LogP contribution < -0.4 is 5.73 Å². The van der Waals surface area contributed by atoms with Crippen molar-refractivity contribution >= 4 is 5.91 Å². The van der Waals surface area contributed by atoms with E-state index in [2.05, 4.69) is 0 Å². The molecule has 1 aliphatic heterocycles. The number of hydrogen-bond acceptors (Lipinski definition) is 5. The third kappa shape index (κ3) is 2.80. The predicted molar refractivity (Wildman–Crippen MR) is 69.1 cm³/mol. The van der Waals surface area contributed by atoms with Crippen LogP contribution in [-0.2, 0) is 4.74 Å². The van der Waals surface area contributed by atoms with Crippen molar-refractivity contribution in [2.45, 2.75) is 19.1 Å². The lowest BCUT2D eigenvalue weighted by molar-refractivity contribution is -0.0300. The molecular formula is C13H18N2O4. The highest BCUT2D eigenvalue weighted by Crippen LogP contribution is 2.29. The van der Waals surface area contributed by atoms with Gasteiger partial charge in [0.25, 0.3) is 5.91 Å². The van der Waals surface area contributed by atoms with Crippen molar-refractivity contribution < 1.29 is 19.7 Å². The highest BCUT2D eigenvalue weighted by atomic mass is 16.5. The second-order valence-electron chi connectivity index (χ2n) is 4.69. The minimum Gasteiger partial charge on any atom is -0.504 e. The number of rotatable bonds is 2. The van der Waals surface area contributed by atoms with Gasteiger partial charge in [-0.15, -0.1) is 0 Å². The zero-order chi connectivity index (χ0) is 14.0. The average Bonchev–Trinajstić information content (AvgIpc) is 2.41. The molecule has 1 fully saturated rings. The second-order valence-corrected chi connectivity index (χ2v) is 4.69. The number of morpholine rings is 1. The van der Waals surface area contributed by atoms with Gasteiger partial charge in [-0.3, -0.25) is 4.79 Å². The first-order valence-electron chi connectivity index (χ1n) is 6.18. The first-order chi connectivity index (χ1) is 9.00. The Balaban J connectivity index is 2.17. The van der Waals surface area contributed by atoms with Crippen LogP contribution in [0.1, 0.15) is 17.3 Å². The van der Waals surface area contributed by atoms with Gasteiger partial charge in [0.05, 0.1) is 18.3 Å². The summed E-state index contributed by atoms with van der Waals surface area (Å²) >= 11 is 0. The Kier molecular flexibility index (Phi) is 3.92. The van der Waals surface area contributed by atoms with E-state index in [0.29, 0.717) is 19.7 Å². The van der Waals surface area contributed by atoms with Gasteiger partial charge in [0.2, 0.25) is 0 Å². The predicted octanol–water partition coefficient (Wildman–Crippen LogP) is 0.286.